The molecule has 3 amide bonds. The van der Waals surface area contributed by atoms with E-state index < -0.39 is 18.0 Å². The molecular formula is C22H20F3N5O4. The minimum absolute atomic E-state index is 0.104. The number of alkyl halides is 3. The smallest absolute Gasteiger partial charge is 0.406 e. The molecule has 1 heterocycles. The van der Waals surface area contributed by atoms with Crippen molar-refractivity contribution in [2.75, 3.05) is 17.2 Å². The lowest BCUT2D eigenvalue weighted by Crippen LogP contribution is -2.41. The van der Waals surface area contributed by atoms with E-state index in [1.807, 2.05) is 0 Å². The molecule has 9 nitrogen and oxygen atoms in total. The monoisotopic (exact) mass is 475 g/mol. The Hall–Kier alpha value is -4.09. The van der Waals surface area contributed by atoms with Crippen molar-refractivity contribution < 1.29 is 32.3 Å². The number of nitrogens with zero attached hydrogens (tertiary/aromatic N) is 3. The van der Waals surface area contributed by atoms with Crippen molar-refractivity contribution in [3.05, 3.63) is 48.5 Å². The highest BCUT2D eigenvalue weighted by Gasteiger charge is 2.34. The highest BCUT2D eigenvalue weighted by molar-refractivity contribution is 5.96. The summed E-state index contributed by atoms with van der Waals surface area (Å²) in [6.07, 6.45) is -2.87. The van der Waals surface area contributed by atoms with Crippen LogP contribution in [0.4, 0.5) is 24.7 Å². The van der Waals surface area contributed by atoms with E-state index in [0.717, 1.165) is 25.0 Å². The fourth-order valence-corrected chi connectivity index (χ4v) is 3.56. The van der Waals surface area contributed by atoms with Crippen LogP contribution in [0.25, 0.3) is 10.9 Å². The van der Waals surface area contributed by atoms with Crippen LogP contribution in [0.3, 0.4) is 0 Å². The number of para-hydroxylation sites is 1. The summed E-state index contributed by atoms with van der Waals surface area (Å²) >= 11 is 0. The number of aromatic nitrogens is 2. The lowest BCUT2D eigenvalue weighted by molar-refractivity contribution is -0.274. The Morgan fingerprint density at radius 3 is 2.65 bits per heavy atom. The third-order valence-electron chi connectivity index (χ3n) is 5.11. The van der Waals surface area contributed by atoms with Crippen molar-refractivity contribution in [1.29, 1.82) is 0 Å². The van der Waals surface area contributed by atoms with E-state index in [2.05, 4.69) is 20.5 Å². The highest BCUT2D eigenvalue weighted by atomic mass is 19.4. The zero-order valence-electron chi connectivity index (χ0n) is 17.7. The molecule has 0 aliphatic heterocycles. The predicted molar refractivity (Wildman–Crippen MR) is 116 cm³/mol. The number of carbonyl (C=O) groups is 3. The number of amides is 3. The first-order chi connectivity index (χ1) is 16.2. The van der Waals surface area contributed by atoms with Crippen molar-refractivity contribution in [3.8, 4) is 5.75 Å². The van der Waals surface area contributed by atoms with Gasteiger partial charge in [0.2, 0.25) is 18.2 Å². The average Bonchev–Trinajstić information content (AvgIpc) is 3.55. The van der Waals surface area contributed by atoms with Gasteiger partial charge in [-0.05, 0) is 37.1 Å². The second-order valence-corrected chi connectivity index (χ2v) is 7.66. The molecule has 34 heavy (non-hydrogen) atoms. The third-order valence-corrected chi connectivity index (χ3v) is 5.11. The molecule has 4 rings (SSSR count). The van der Waals surface area contributed by atoms with Crippen LogP contribution in [0.15, 0.2) is 48.5 Å². The molecule has 0 spiro atoms. The van der Waals surface area contributed by atoms with Crippen LogP contribution in [0.1, 0.15) is 12.8 Å². The summed E-state index contributed by atoms with van der Waals surface area (Å²) in [5, 5.41) is 9.96. The van der Waals surface area contributed by atoms with Crippen LogP contribution in [0.2, 0.25) is 0 Å². The summed E-state index contributed by atoms with van der Waals surface area (Å²) in [6, 6.07) is 11.9. The van der Waals surface area contributed by atoms with E-state index in [0.29, 0.717) is 23.1 Å². The summed E-state index contributed by atoms with van der Waals surface area (Å²) in [6.45, 7) is -0.424. The van der Waals surface area contributed by atoms with E-state index in [-0.39, 0.29) is 30.7 Å². The topological polar surface area (TPSA) is 106 Å². The van der Waals surface area contributed by atoms with E-state index in [9.17, 15) is 27.6 Å². The molecular weight excluding hydrogens is 455 g/mol. The Bertz CT molecular complexity index is 1220. The lowest BCUT2D eigenvalue weighted by atomic mass is 10.2. The van der Waals surface area contributed by atoms with Crippen LogP contribution >= 0.6 is 0 Å². The van der Waals surface area contributed by atoms with Gasteiger partial charge in [0.15, 0.2) is 5.82 Å². The van der Waals surface area contributed by atoms with E-state index in [1.165, 1.54) is 21.7 Å². The second kappa shape index (κ2) is 9.41. The molecule has 1 fully saturated rings. The summed E-state index contributed by atoms with van der Waals surface area (Å²) in [5.41, 5.74) is 0.750. The van der Waals surface area contributed by atoms with Crippen LogP contribution in [0, 0.1) is 0 Å². The molecule has 3 aromatic rings. The number of rotatable bonds is 9. The second-order valence-electron chi connectivity index (χ2n) is 7.66. The van der Waals surface area contributed by atoms with E-state index >= 15 is 0 Å². The summed E-state index contributed by atoms with van der Waals surface area (Å²) in [7, 11) is 0. The molecule has 1 aromatic heterocycles. The molecule has 2 aromatic carbocycles. The highest BCUT2D eigenvalue weighted by Crippen LogP contribution is 2.29. The molecule has 0 saturated heterocycles. The summed E-state index contributed by atoms with van der Waals surface area (Å²) < 4.78 is 42.6. The maximum Gasteiger partial charge on any atom is 0.573 e. The zero-order valence-corrected chi connectivity index (χ0v) is 17.7. The normalized spacial score (nSPS) is 13.4. The number of halogens is 3. The molecule has 0 unspecified atom stereocenters. The predicted octanol–water partition coefficient (Wildman–Crippen LogP) is 3.13. The SMILES string of the molecule is O=CNc1nn(CC(=O)N(CC(=O)Nc2cccc(OC(F)(F)F)c2)C2CC2)c2ccccc12. The van der Waals surface area contributed by atoms with E-state index in [1.54, 1.807) is 24.3 Å². The average molecular weight is 475 g/mol. The maximum atomic E-state index is 13.1. The van der Waals surface area contributed by atoms with Gasteiger partial charge in [0.05, 0.1) is 5.52 Å². The molecule has 2 N–H and O–H groups in total. The largest absolute Gasteiger partial charge is 0.573 e. The number of carbonyl (C=O) groups excluding carboxylic acids is 3. The van der Waals surface area contributed by atoms with Gasteiger partial charge in [-0.2, -0.15) is 5.10 Å². The first-order valence-corrected chi connectivity index (χ1v) is 10.3. The first kappa shape index (κ1) is 23.1. The van der Waals surface area contributed by atoms with Crippen molar-refractivity contribution in [2.24, 2.45) is 0 Å². The fraction of sp³-hybridized carbons (Fsp3) is 0.273. The number of nitrogens with one attached hydrogen (secondary N) is 2. The van der Waals surface area contributed by atoms with Gasteiger partial charge in [-0.3, -0.25) is 19.1 Å². The van der Waals surface area contributed by atoms with Gasteiger partial charge < -0.3 is 20.3 Å². The summed E-state index contributed by atoms with van der Waals surface area (Å²) in [5.74, 6) is -1.06. The third kappa shape index (κ3) is 5.63. The van der Waals surface area contributed by atoms with Crippen LogP contribution in [-0.4, -0.2) is 51.9 Å². The number of hydrogen-bond donors (Lipinski definition) is 2. The molecule has 1 aliphatic rings. The number of benzene rings is 2. The van der Waals surface area contributed by atoms with E-state index in [4.69, 9.17) is 0 Å². The Labute approximate surface area is 191 Å². The minimum atomic E-state index is -4.85. The first-order valence-electron chi connectivity index (χ1n) is 10.3. The molecule has 0 bridgehead atoms. The number of fused-ring (bicyclic) bond motifs is 1. The van der Waals surface area contributed by atoms with Gasteiger partial charge in [-0.25, -0.2) is 0 Å². The van der Waals surface area contributed by atoms with Gasteiger partial charge in [-0.1, -0.05) is 18.2 Å². The number of hydrogen-bond acceptors (Lipinski definition) is 5. The molecule has 1 saturated carbocycles. The Morgan fingerprint density at radius 1 is 1.18 bits per heavy atom. The number of ether oxygens (including phenoxy) is 1. The molecule has 178 valence electrons. The van der Waals surface area contributed by atoms with Gasteiger partial charge in [-0.15, -0.1) is 13.2 Å². The van der Waals surface area contributed by atoms with Crippen molar-refractivity contribution >= 4 is 40.6 Å². The van der Waals surface area contributed by atoms with Crippen molar-refractivity contribution in [3.63, 3.8) is 0 Å². The minimum Gasteiger partial charge on any atom is -0.406 e. The van der Waals surface area contributed by atoms with Crippen LogP contribution < -0.4 is 15.4 Å². The Balaban J connectivity index is 1.45. The Kier molecular flexibility index (Phi) is 6.39. The molecule has 0 radical (unpaired) electrons. The van der Waals surface area contributed by atoms with Crippen LogP contribution in [0.5, 0.6) is 5.75 Å². The quantitative estimate of drug-likeness (QED) is 0.463. The Morgan fingerprint density at radius 2 is 1.94 bits per heavy atom. The van der Waals surface area contributed by atoms with Crippen molar-refractivity contribution in [1.82, 2.24) is 14.7 Å². The molecule has 0 atom stereocenters. The van der Waals surface area contributed by atoms with Crippen LogP contribution in [-0.2, 0) is 20.9 Å². The zero-order chi connectivity index (χ0) is 24.3. The lowest BCUT2D eigenvalue weighted by Gasteiger charge is -2.22. The number of anilines is 2. The van der Waals surface area contributed by atoms with Crippen molar-refractivity contribution in [2.45, 2.75) is 31.8 Å². The van der Waals surface area contributed by atoms with Gasteiger partial charge in [0, 0.05) is 23.2 Å². The van der Waals surface area contributed by atoms with Gasteiger partial charge in [0.1, 0.15) is 18.8 Å². The van der Waals surface area contributed by atoms with Gasteiger partial charge >= 0.3 is 6.36 Å². The summed E-state index contributed by atoms with van der Waals surface area (Å²) in [4.78, 5) is 37.9. The fourth-order valence-electron chi connectivity index (χ4n) is 3.56. The maximum absolute atomic E-state index is 13.1. The molecule has 12 heteroatoms. The molecule has 1 aliphatic carbocycles. The standard InChI is InChI=1S/C22H20F3N5O4/c23-22(24,25)34-16-5-3-4-14(10-16)27-19(32)11-29(15-8-9-15)20(33)12-30-18-7-2-1-6-17(18)21(28-30)26-13-31/h1-7,10,13,15H,8-9,11-12H2,(H,27,32)(H,26,28,31). The van der Waals surface area contributed by atoms with Gasteiger partial charge in [0.25, 0.3) is 0 Å².